The van der Waals surface area contributed by atoms with E-state index in [-0.39, 0.29) is 24.1 Å². The first-order chi connectivity index (χ1) is 14.9. The summed E-state index contributed by atoms with van der Waals surface area (Å²) in [5.74, 6) is 0.0498. The lowest BCUT2D eigenvalue weighted by Crippen LogP contribution is -2.21. The number of fused-ring (bicyclic) bond motifs is 1. The molecule has 0 fully saturated rings. The number of ether oxygens (including phenoxy) is 1. The highest BCUT2D eigenvalue weighted by atomic mass is 79.9. The molecule has 0 radical (unpaired) electrons. The minimum Gasteiger partial charge on any atom is -0.483 e. The third-order valence-electron chi connectivity index (χ3n) is 5.09. The minimum absolute atomic E-state index is 0.0867. The molecular formula is C25H20BrNO4. The quantitative estimate of drug-likeness (QED) is 0.342. The minimum atomic E-state index is -0.377. The molecule has 1 heterocycles. The largest absolute Gasteiger partial charge is 0.483 e. The van der Waals surface area contributed by atoms with Gasteiger partial charge in [-0.25, -0.2) is 0 Å². The molecule has 0 bridgehead atoms. The Bertz CT molecular complexity index is 1270. The van der Waals surface area contributed by atoms with Crippen LogP contribution in [0.2, 0.25) is 0 Å². The second-order valence-corrected chi connectivity index (χ2v) is 8.09. The van der Waals surface area contributed by atoms with E-state index in [0.29, 0.717) is 28.0 Å². The van der Waals surface area contributed by atoms with Crippen molar-refractivity contribution >= 4 is 44.3 Å². The summed E-state index contributed by atoms with van der Waals surface area (Å²) in [4.78, 5) is 25.8. The lowest BCUT2D eigenvalue weighted by molar-refractivity contribution is -0.118. The van der Waals surface area contributed by atoms with Crippen LogP contribution in [-0.2, 0) is 4.79 Å². The van der Waals surface area contributed by atoms with Gasteiger partial charge in [0.2, 0.25) is 5.78 Å². The summed E-state index contributed by atoms with van der Waals surface area (Å²) in [5, 5.41) is 3.47. The number of carbonyl (C=O) groups is 2. The topological polar surface area (TPSA) is 68.5 Å². The van der Waals surface area contributed by atoms with Crippen molar-refractivity contribution in [3.8, 4) is 5.75 Å². The van der Waals surface area contributed by atoms with E-state index in [1.807, 2.05) is 44.2 Å². The summed E-state index contributed by atoms with van der Waals surface area (Å²) in [5.41, 5.74) is 3.40. The van der Waals surface area contributed by atoms with E-state index >= 15 is 0 Å². The van der Waals surface area contributed by atoms with Gasteiger partial charge in [-0.05, 0) is 67.4 Å². The number of para-hydroxylation sites is 1. The SMILES string of the molecule is Cc1cccc(OCC(=O)Nc2c(C(=O)c3ccc(Br)cc3)oc3ccccc23)c1C. The number of nitrogens with one attached hydrogen (secondary N) is 1. The number of carbonyl (C=O) groups excluding carboxylic acids is 2. The van der Waals surface area contributed by atoms with Crippen molar-refractivity contribution in [2.45, 2.75) is 13.8 Å². The van der Waals surface area contributed by atoms with Crippen LogP contribution < -0.4 is 10.1 Å². The summed E-state index contributed by atoms with van der Waals surface area (Å²) in [6.07, 6.45) is 0. The number of aryl methyl sites for hydroxylation is 1. The van der Waals surface area contributed by atoms with Crippen molar-refractivity contribution < 1.29 is 18.7 Å². The molecule has 4 aromatic rings. The zero-order valence-electron chi connectivity index (χ0n) is 17.1. The second kappa shape index (κ2) is 8.78. The molecule has 0 aliphatic heterocycles. The van der Waals surface area contributed by atoms with E-state index in [1.54, 1.807) is 36.4 Å². The predicted molar refractivity (Wildman–Crippen MR) is 124 cm³/mol. The maximum Gasteiger partial charge on any atom is 0.262 e. The summed E-state index contributed by atoms with van der Waals surface area (Å²) in [6, 6.07) is 19.9. The molecule has 0 aliphatic carbocycles. The third kappa shape index (κ3) is 4.39. The van der Waals surface area contributed by atoms with Crippen LogP contribution >= 0.6 is 15.9 Å². The first kappa shape index (κ1) is 20.9. The first-order valence-corrected chi connectivity index (χ1v) is 10.5. The average Bonchev–Trinajstić information content (AvgIpc) is 3.13. The Morgan fingerprint density at radius 2 is 1.71 bits per heavy atom. The fourth-order valence-corrected chi connectivity index (χ4v) is 3.53. The Kier molecular flexibility index (Phi) is 5.91. The van der Waals surface area contributed by atoms with Crippen LogP contribution in [-0.4, -0.2) is 18.3 Å². The Morgan fingerprint density at radius 1 is 0.968 bits per heavy atom. The van der Waals surface area contributed by atoms with E-state index in [0.717, 1.165) is 15.6 Å². The van der Waals surface area contributed by atoms with Crippen LogP contribution in [0.1, 0.15) is 27.2 Å². The molecule has 31 heavy (non-hydrogen) atoms. The maximum absolute atomic E-state index is 13.1. The molecule has 1 aromatic heterocycles. The molecular weight excluding hydrogens is 458 g/mol. The van der Waals surface area contributed by atoms with E-state index in [2.05, 4.69) is 21.2 Å². The van der Waals surface area contributed by atoms with Gasteiger partial charge in [-0.2, -0.15) is 0 Å². The monoisotopic (exact) mass is 477 g/mol. The smallest absolute Gasteiger partial charge is 0.262 e. The molecule has 1 N–H and O–H groups in total. The third-order valence-corrected chi connectivity index (χ3v) is 5.61. The molecule has 3 aromatic carbocycles. The van der Waals surface area contributed by atoms with Gasteiger partial charge < -0.3 is 14.5 Å². The molecule has 0 unspecified atom stereocenters. The standard InChI is InChI=1S/C25H20BrNO4/c1-15-6-5-9-20(16(15)2)30-14-22(28)27-23-19-7-3-4-8-21(19)31-25(23)24(29)17-10-12-18(26)13-11-17/h3-13H,14H2,1-2H3,(H,27,28). The van der Waals surface area contributed by atoms with Gasteiger partial charge in [-0.15, -0.1) is 0 Å². The molecule has 0 atom stereocenters. The van der Waals surface area contributed by atoms with Gasteiger partial charge in [0.15, 0.2) is 12.4 Å². The highest BCUT2D eigenvalue weighted by Crippen LogP contribution is 2.32. The number of ketones is 1. The molecule has 0 saturated heterocycles. The Balaban J connectivity index is 1.61. The van der Waals surface area contributed by atoms with Crippen LogP contribution in [0.4, 0.5) is 5.69 Å². The van der Waals surface area contributed by atoms with Gasteiger partial charge in [0.05, 0.1) is 5.69 Å². The van der Waals surface area contributed by atoms with Crippen LogP contribution in [0.5, 0.6) is 5.75 Å². The van der Waals surface area contributed by atoms with E-state index in [4.69, 9.17) is 9.15 Å². The number of rotatable bonds is 6. The Morgan fingerprint density at radius 3 is 2.48 bits per heavy atom. The molecule has 5 nitrogen and oxygen atoms in total. The number of hydrogen-bond acceptors (Lipinski definition) is 4. The summed E-state index contributed by atoms with van der Waals surface area (Å²) in [7, 11) is 0. The molecule has 0 spiro atoms. The number of hydrogen-bond donors (Lipinski definition) is 1. The fraction of sp³-hybridized carbons (Fsp3) is 0.120. The van der Waals surface area contributed by atoms with Crippen molar-refractivity contribution in [3.63, 3.8) is 0 Å². The number of halogens is 1. The lowest BCUT2D eigenvalue weighted by atomic mass is 10.1. The first-order valence-electron chi connectivity index (χ1n) is 9.74. The highest BCUT2D eigenvalue weighted by molar-refractivity contribution is 9.10. The van der Waals surface area contributed by atoms with E-state index in [9.17, 15) is 9.59 Å². The molecule has 4 rings (SSSR count). The van der Waals surface area contributed by atoms with Crippen molar-refractivity contribution in [1.29, 1.82) is 0 Å². The van der Waals surface area contributed by atoms with Crippen molar-refractivity contribution in [1.82, 2.24) is 0 Å². The molecule has 156 valence electrons. The van der Waals surface area contributed by atoms with Crippen LogP contribution in [0.15, 0.2) is 75.6 Å². The molecule has 1 amide bonds. The normalized spacial score (nSPS) is 10.8. The van der Waals surface area contributed by atoms with E-state index in [1.165, 1.54) is 0 Å². The van der Waals surface area contributed by atoms with Gasteiger partial charge in [-0.3, -0.25) is 9.59 Å². The van der Waals surface area contributed by atoms with Crippen LogP contribution in [0.25, 0.3) is 11.0 Å². The molecule has 0 saturated carbocycles. The Hall–Kier alpha value is -3.38. The van der Waals surface area contributed by atoms with Gasteiger partial charge in [0.25, 0.3) is 5.91 Å². The second-order valence-electron chi connectivity index (χ2n) is 7.17. The predicted octanol–water partition coefficient (Wildman–Crippen LogP) is 6.06. The summed E-state index contributed by atoms with van der Waals surface area (Å²) >= 11 is 3.37. The molecule has 6 heteroatoms. The summed E-state index contributed by atoms with van der Waals surface area (Å²) < 4.78 is 12.4. The van der Waals surface area contributed by atoms with E-state index < -0.39 is 0 Å². The average molecular weight is 478 g/mol. The zero-order chi connectivity index (χ0) is 22.0. The van der Waals surface area contributed by atoms with Crippen LogP contribution in [0, 0.1) is 13.8 Å². The summed E-state index contributed by atoms with van der Waals surface area (Å²) in [6.45, 7) is 3.75. The number of anilines is 1. The van der Waals surface area contributed by atoms with Crippen molar-refractivity contribution in [2.75, 3.05) is 11.9 Å². The van der Waals surface area contributed by atoms with Crippen molar-refractivity contribution in [3.05, 3.63) is 93.7 Å². The zero-order valence-corrected chi connectivity index (χ0v) is 18.7. The van der Waals surface area contributed by atoms with Crippen molar-refractivity contribution in [2.24, 2.45) is 0 Å². The van der Waals surface area contributed by atoms with Crippen LogP contribution in [0.3, 0.4) is 0 Å². The Labute approximate surface area is 188 Å². The lowest BCUT2D eigenvalue weighted by Gasteiger charge is -2.11. The number of amides is 1. The van der Waals surface area contributed by atoms with Gasteiger partial charge in [0, 0.05) is 15.4 Å². The fourth-order valence-electron chi connectivity index (χ4n) is 3.26. The maximum atomic E-state index is 13.1. The van der Waals surface area contributed by atoms with Gasteiger partial charge in [-0.1, -0.05) is 40.2 Å². The molecule has 0 aliphatic rings. The number of furan rings is 1. The van der Waals surface area contributed by atoms with Gasteiger partial charge >= 0.3 is 0 Å². The van der Waals surface area contributed by atoms with Gasteiger partial charge in [0.1, 0.15) is 11.3 Å². The number of benzene rings is 3. The highest BCUT2D eigenvalue weighted by Gasteiger charge is 2.23.